The Balaban J connectivity index is 2.33. The van der Waals surface area contributed by atoms with Gasteiger partial charge in [-0.2, -0.15) is 9.99 Å². The van der Waals surface area contributed by atoms with E-state index in [1.54, 1.807) is 0 Å². The average molecular weight is 313 g/mol. The van der Waals surface area contributed by atoms with Crippen LogP contribution in [0.5, 0.6) is 5.75 Å². The second-order valence-electron chi connectivity index (χ2n) is 5.16. The van der Waals surface area contributed by atoms with Crippen LogP contribution in [0.25, 0.3) is 0 Å². The Morgan fingerprint density at radius 3 is 2.65 bits per heavy atom. The lowest BCUT2D eigenvalue weighted by Gasteiger charge is -2.26. The molecule has 0 radical (unpaired) electrons. The minimum atomic E-state index is -0.837. The molecule has 0 saturated heterocycles. The third-order valence-corrected chi connectivity index (χ3v) is 3.75. The molecule has 1 atom stereocenters. The highest BCUT2D eigenvalue weighted by atomic mass is 19.1. The van der Waals surface area contributed by atoms with Gasteiger partial charge in [-0.3, -0.25) is 4.79 Å². The van der Waals surface area contributed by atoms with Gasteiger partial charge in [0.2, 0.25) is 5.88 Å². The molecule has 7 heteroatoms. The molecule has 0 bridgehead atoms. The molecule has 2 heterocycles. The fourth-order valence-electron chi connectivity index (χ4n) is 2.63. The van der Waals surface area contributed by atoms with Gasteiger partial charge in [0.05, 0.1) is 17.2 Å². The van der Waals surface area contributed by atoms with Crippen LogP contribution in [-0.2, 0) is 0 Å². The van der Waals surface area contributed by atoms with Crippen molar-refractivity contribution < 1.29 is 14.3 Å². The molecule has 1 aliphatic heterocycles. The van der Waals surface area contributed by atoms with E-state index in [0.717, 1.165) is 0 Å². The largest absolute Gasteiger partial charge is 0.440 e. The second kappa shape index (κ2) is 5.18. The molecule has 2 aromatic rings. The third kappa shape index (κ3) is 2.21. The number of benzene rings is 1. The number of halogens is 1. The molecule has 3 rings (SSSR count). The number of hydrogen-bond acceptors (Lipinski definition) is 5. The maximum absolute atomic E-state index is 13.2. The zero-order valence-corrected chi connectivity index (χ0v) is 12.1. The standard InChI is InChI=1S/C16H12FN3O3/c1-8-6-12-14(16(21)20(8)22)13(11(7-18)15(19)23-12)9-2-4-10(17)5-3-9/h2-6,13,22H,19H2,1H3/t13-/m0/s1. The molecular formula is C16H12FN3O3. The highest BCUT2D eigenvalue weighted by Crippen LogP contribution is 2.40. The quantitative estimate of drug-likeness (QED) is 0.781. The average Bonchev–Trinajstić information content (AvgIpc) is 2.52. The Hall–Kier alpha value is -3.27. The van der Waals surface area contributed by atoms with Crippen molar-refractivity contribution in [2.45, 2.75) is 12.8 Å². The predicted octanol–water partition coefficient (Wildman–Crippen LogP) is 1.75. The number of aromatic nitrogens is 1. The number of nitrogens with zero attached hydrogens (tertiary/aromatic N) is 2. The van der Waals surface area contributed by atoms with E-state index in [1.165, 1.54) is 37.3 Å². The van der Waals surface area contributed by atoms with E-state index < -0.39 is 17.3 Å². The fraction of sp³-hybridized carbons (Fsp3) is 0.125. The Morgan fingerprint density at radius 1 is 1.39 bits per heavy atom. The van der Waals surface area contributed by atoms with Crippen molar-refractivity contribution in [3.63, 3.8) is 0 Å². The van der Waals surface area contributed by atoms with Crippen LogP contribution in [0.4, 0.5) is 4.39 Å². The maximum Gasteiger partial charge on any atom is 0.291 e. The minimum absolute atomic E-state index is 0.0325. The smallest absolute Gasteiger partial charge is 0.291 e. The molecule has 1 aromatic carbocycles. The number of allylic oxidation sites excluding steroid dienone is 1. The fourth-order valence-corrected chi connectivity index (χ4v) is 2.63. The Labute approximate surface area is 130 Å². The first kappa shape index (κ1) is 14.7. The summed E-state index contributed by atoms with van der Waals surface area (Å²) >= 11 is 0. The van der Waals surface area contributed by atoms with Crippen LogP contribution in [0.15, 0.2) is 46.6 Å². The molecule has 116 valence electrons. The summed E-state index contributed by atoms with van der Waals surface area (Å²) in [6, 6.07) is 8.74. The summed E-state index contributed by atoms with van der Waals surface area (Å²) in [5, 5.41) is 19.2. The van der Waals surface area contributed by atoms with E-state index in [9.17, 15) is 19.7 Å². The Kier molecular flexibility index (Phi) is 3.30. The van der Waals surface area contributed by atoms with E-state index in [1.807, 2.05) is 6.07 Å². The first-order chi connectivity index (χ1) is 10.9. The number of hydrogen-bond donors (Lipinski definition) is 2. The Morgan fingerprint density at radius 2 is 2.04 bits per heavy atom. The number of ether oxygens (including phenoxy) is 1. The lowest BCUT2D eigenvalue weighted by atomic mass is 9.84. The predicted molar refractivity (Wildman–Crippen MR) is 78.3 cm³/mol. The lowest BCUT2D eigenvalue weighted by Crippen LogP contribution is -2.31. The van der Waals surface area contributed by atoms with E-state index in [-0.39, 0.29) is 28.5 Å². The molecule has 6 nitrogen and oxygen atoms in total. The molecule has 0 amide bonds. The normalized spacial score (nSPS) is 16.5. The Bertz CT molecular complexity index is 923. The second-order valence-corrected chi connectivity index (χ2v) is 5.16. The third-order valence-electron chi connectivity index (χ3n) is 3.75. The molecule has 0 saturated carbocycles. The van der Waals surface area contributed by atoms with Crippen LogP contribution in [0.2, 0.25) is 0 Å². The molecule has 0 fully saturated rings. The topological polar surface area (TPSA) is 101 Å². The van der Waals surface area contributed by atoms with Crippen molar-refractivity contribution in [1.82, 2.24) is 4.73 Å². The van der Waals surface area contributed by atoms with Crippen LogP contribution in [0.1, 0.15) is 22.7 Å². The highest BCUT2D eigenvalue weighted by molar-refractivity contribution is 5.55. The number of nitriles is 1. The number of nitrogens with two attached hydrogens (primary N) is 1. The van der Waals surface area contributed by atoms with E-state index in [0.29, 0.717) is 10.3 Å². The van der Waals surface area contributed by atoms with Crippen molar-refractivity contribution in [1.29, 1.82) is 5.26 Å². The van der Waals surface area contributed by atoms with Crippen molar-refractivity contribution in [3.05, 3.63) is 74.8 Å². The van der Waals surface area contributed by atoms with Gasteiger partial charge in [-0.1, -0.05) is 12.1 Å². The summed E-state index contributed by atoms with van der Waals surface area (Å²) in [6.45, 7) is 1.53. The number of aryl methyl sites for hydroxylation is 1. The summed E-state index contributed by atoms with van der Waals surface area (Å²) in [6.07, 6.45) is 0. The van der Waals surface area contributed by atoms with Crippen molar-refractivity contribution in [2.24, 2.45) is 5.73 Å². The van der Waals surface area contributed by atoms with Crippen LogP contribution in [-0.4, -0.2) is 9.94 Å². The van der Waals surface area contributed by atoms with Gasteiger partial charge in [0.15, 0.2) is 0 Å². The molecule has 0 spiro atoms. The van der Waals surface area contributed by atoms with E-state index >= 15 is 0 Å². The summed E-state index contributed by atoms with van der Waals surface area (Å²) in [4.78, 5) is 12.4. The highest BCUT2D eigenvalue weighted by Gasteiger charge is 2.34. The van der Waals surface area contributed by atoms with Gasteiger partial charge in [0.1, 0.15) is 23.2 Å². The van der Waals surface area contributed by atoms with Gasteiger partial charge < -0.3 is 15.7 Å². The van der Waals surface area contributed by atoms with Crippen LogP contribution < -0.4 is 16.0 Å². The van der Waals surface area contributed by atoms with Gasteiger partial charge in [0.25, 0.3) is 5.56 Å². The zero-order chi connectivity index (χ0) is 16.7. The summed E-state index contributed by atoms with van der Waals surface area (Å²) < 4.78 is 19.0. The molecule has 0 unspecified atom stereocenters. The van der Waals surface area contributed by atoms with E-state index in [2.05, 4.69) is 0 Å². The summed E-state index contributed by atoms with van der Waals surface area (Å²) in [7, 11) is 0. The van der Waals surface area contributed by atoms with Gasteiger partial charge in [-0.15, -0.1) is 0 Å². The van der Waals surface area contributed by atoms with E-state index in [4.69, 9.17) is 10.5 Å². The van der Waals surface area contributed by atoms with Gasteiger partial charge in [-0.05, 0) is 24.6 Å². The summed E-state index contributed by atoms with van der Waals surface area (Å²) in [5.74, 6) is -1.23. The number of pyridine rings is 1. The van der Waals surface area contributed by atoms with Crippen LogP contribution >= 0.6 is 0 Å². The molecule has 23 heavy (non-hydrogen) atoms. The molecular weight excluding hydrogens is 301 g/mol. The summed E-state index contributed by atoms with van der Waals surface area (Å²) in [5.41, 5.74) is 5.95. The number of fused-ring (bicyclic) bond motifs is 1. The van der Waals surface area contributed by atoms with Crippen molar-refractivity contribution in [2.75, 3.05) is 0 Å². The van der Waals surface area contributed by atoms with Gasteiger partial charge >= 0.3 is 0 Å². The zero-order valence-electron chi connectivity index (χ0n) is 12.1. The molecule has 3 N–H and O–H groups in total. The van der Waals surface area contributed by atoms with Crippen LogP contribution in [0.3, 0.4) is 0 Å². The maximum atomic E-state index is 13.2. The van der Waals surface area contributed by atoms with Gasteiger partial charge in [-0.25, -0.2) is 4.39 Å². The minimum Gasteiger partial charge on any atom is -0.440 e. The SMILES string of the molecule is Cc1cc2c(c(=O)n1O)[C@@H](c1ccc(F)cc1)C(C#N)=C(N)O2. The van der Waals surface area contributed by atoms with Crippen LogP contribution in [0, 0.1) is 24.1 Å². The molecule has 0 aliphatic carbocycles. The van der Waals surface area contributed by atoms with Crippen molar-refractivity contribution in [3.8, 4) is 11.8 Å². The monoisotopic (exact) mass is 313 g/mol. The first-order valence-electron chi connectivity index (χ1n) is 6.73. The molecule has 1 aromatic heterocycles. The van der Waals surface area contributed by atoms with Gasteiger partial charge in [0, 0.05) is 6.07 Å². The number of rotatable bonds is 1. The lowest BCUT2D eigenvalue weighted by molar-refractivity contribution is 0.165. The van der Waals surface area contributed by atoms with Crippen molar-refractivity contribution >= 4 is 0 Å². The first-order valence-corrected chi connectivity index (χ1v) is 6.73. The molecule has 1 aliphatic rings.